The third kappa shape index (κ3) is 2.63. The van der Waals surface area contributed by atoms with Gasteiger partial charge in [0.15, 0.2) is 0 Å². The Kier molecular flexibility index (Phi) is 3.90. The molecular formula is C16H20N4O. The van der Waals surface area contributed by atoms with E-state index in [1.54, 1.807) is 6.33 Å². The van der Waals surface area contributed by atoms with E-state index in [4.69, 9.17) is 4.74 Å². The zero-order valence-corrected chi connectivity index (χ0v) is 12.5. The fraction of sp³-hybridized carbons (Fsp3) is 0.375. The third-order valence-corrected chi connectivity index (χ3v) is 3.60. The lowest BCUT2D eigenvalue weighted by Crippen LogP contribution is -2.21. The van der Waals surface area contributed by atoms with E-state index in [-0.39, 0.29) is 0 Å². The summed E-state index contributed by atoms with van der Waals surface area (Å²) in [5, 5.41) is 3.29. The van der Waals surface area contributed by atoms with Crippen molar-refractivity contribution in [2.75, 3.05) is 29.9 Å². The van der Waals surface area contributed by atoms with E-state index in [0.717, 1.165) is 54.8 Å². The maximum Gasteiger partial charge on any atom is 0.142 e. The molecule has 0 unspecified atom stereocenters. The van der Waals surface area contributed by atoms with Crippen molar-refractivity contribution in [3.8, 4) is 5.75 Å². The second kappa shape index (κ2) is 5.99. The molecule has 1 aromatic heterocycles. The van der Waals surface area contributed by atoms with Crippen molar-refractivity contribution < 1.29 is 4.74 Å². The number of nitrogens with one attached hydrogen (secondary N) is 1. The van der Waals surface area contributed by atoms with Gasteiger partial charge in [0, 0.05) is 18.7 Å². The first-order valence-corrected chi connectivity index (χ1v) is 7.36. The molecule has 1 aliphatic rings. The summed E-state index contributed by atoms with van der Waals surface area (Å²) in [5.74, 6) is 2.75. The van der Waals surface area contributed by atoms with Crippen molar-refractivity contribution in [1.82, 2.24) is 9.97 Å². The van der Waals surface area contributed by atoms with Crippen LogP contribution < -0.4 is 15.0 Å². The molecule has 0 atom stereocenters. The Morgan fingerprint density at radius 3 is 3.00 bits per heavy atom. The summed E-state index contributed by atoms with van der Waals surface area (Å²) in [7, 11) is 0. The average Bonchev–Trinajstić information content (AvgIpc) is 2.72. The first-order chi connectivity index (χ1) is 10.3. The lowest BCUT2D eigenvalue weighted by Gasteiger charge is -2.25. The van der Waals surface area contributed by atoms with Crippen LogP contribution in [0.1, 0.15) is 18.9 Å². The van der Waals surface area contributed by atoms with E-state index in [0.29, 0.717) is 0 Å². The molecule has 0 saturated carbocycles. The van der Waals surface area contributed by atoms with Crippen molar-refractivity contribution in [2.45, 2.75) is 20.3 Å². The van der Waals surface area contributed by atoms with E-state index in [1.807, 2.05) is 18.2 Å². The van der Waals surface area contributed by atoms with Gasteiger partial charge in [-0.3, -0.25) is 0 Å². The summed E-state index contributed by atoms with van der Waals surface area (Å²) in [4.78, 5) is 11.0. The minimum Gasteiger partial charge on any atom is -0.491 e. The highest BCUT2D eigenvalue weighted by atomic mass is 16.5. The molecule has 5 heteroatoms. The predicted octanol–water partition coefficient (Wildman–Crippen LogP) is 3.14. The van der Waals surface area contributed by atoms with Gasteiger partial charge in [-0.05, 0) is 32.4 Å². The van der Waals surface area contributed by atoms with E-state index in [9.17, 15) is 0 Å². The number of aromatic nitrogens is 2. The fourth-order valence-electron chi connectivity index (χ4n) is 2.61. The van der Waals surface area contributed by atoms with E-state index in [2.05, 4.69) is 40.1 Å². The van der Waals surface area contributed by atoms with Crippen molar-refractivity contribution in [2.24, 2.45) is 0 Å². The minimum atomic E-state index is 0.734. The van der Waals surface area contributed by atoms with Crippen LogP contribution in [0.2, 0.25) is 0 Å². The Hall–Kier alpha value is -2.30. The number of hydrogen-bond acceptors (Lipinski definition) is 5. The molecule has 0 saturated heterocycles. The quantitative estimate of drug-likeness (QED) is 0.938. The number of anilines is 3. The van der Waals surface area contributed by atoms with Crippen molar-refractivity contribution in [1.29, 1.82) is 0 Å². The maximum atomic E-state index is 5.82. The first-order valence-electron chi connectivity index (χ1n) is 7.36. The second-order valence-electron chi connectivity index (χ2n) is 5.02. The van der Waals surface area contributed by atoms with E-state index in [1.165, 1.54) is 0 Å². The van der Waals surface area contributed by atoms with Crippen LogP contribution in [0.15, 0.2) is 30.6 Å². The predicted molar refractivity (Wildman–Crippen MR) is 84.5 cm³/mol. The molecule has 0 amide bonds. The molecule has 0 spiro atoms. The summed E-state index contributed by atoms with van der Waals surface area (Å²) in [6.07, 6.45) is 2.59. The van der Waals surface area contributed by atoms with Gasteiger partial charge in [-0.1, -0.05) is 12.1 Å². The second-order valence-corrected chi connectivity index (χ2v) is 5.02. The Morgan fingerprint density at radius 2 is 2.14 bits per heavy atom. The van der Waals surface area contributed by atoms with E-state index < -0.39 is 0 Å². The van der Waals surface area contributed by atoms with Gasteiger partial charge in [0.05, 0.1) is 12.3 Å². The van der Waals surface area contributed by atoms with Gasteiger partial charge >= 0.3 is 0 Å². The molecule has 21 heavy (non-hydrogen) atoms. The Balaban J connectivity index is 2.06. The molecule has 1 aliphatic heterocycles. The molecule has 2 heterocycles. The summed E-state index contributed by atoms with van der Waals surface area (Å²) in [6.45, 7) is 6.59. The Bertz CT molecular complexity index is 629. The third-order valence-electron chi connectivity index (χ3n) is 3.60. The molecule has 1 N–H and O–H groups in total. The van der Waals surface area contributed by atoms with Crippen LogP contribution in [0, 0.1) is 6.92 Å². The molecule has 0 fully saturated rings. The maximum absolute atomic E-state index is 5.82. The number of hydrogen-bond donors (Lipinski definition) is 1. The standard InChI is InChI=1S/C16H20N4O/c1-3-17-15-12(2)16(19-11-18-15)20-9-6-10-21-14-8-5-4-7-13(14)20/h4-5,7-8,11H,3,6,9-10H2,1-2H3,(H,17,18,19). The molecular weight excluding hydrogens is 264 g/mol. The largest absolute Gasteiger partial charge is 0.491 e. The highest BCUT2D eigenvalue weighted by molar-refractivity contribution is 5.71. The molecule has 2 aromatic rings. The van der Waals surface area contributed by atoms with Crippen LogP contribution in [-0.4, -0.2) is 29.7 Å². The number of fused-ring (bicyclic) bond motifs is 1. The number of rotatable bonds is 3. The molecule has 0 bridgehead atoms. The van der Waals surface area contributed by atoms with E-state index >= 15 is 0 Å². The Labute approximate surface area is 125 Å². The number of para-hydroxylation sites is 2. The first kappa shape index (κ1) is 13.7. The average molecular weight is 284 g/mol. The van der Waals surface area contributed by atoms with Gasteiger partial charge in [0.25, 0.3) is 0 Å². The van der Waals surface area contributed by atoms with Crippen molar-refractivity contribution >= 4 is 17.3 Å². The Morgan fingerprint density at radius 1 is 1.29 bits per heavy atom. The molecule has 1 aromatic carbocycles. The monoisotopic (exact) mass is 284 g/mol. The molecule has 0 radical (unpaired) electrons. The van der Waals surface area contributed by atoms with Gasteiger partial charge in [-0.2, -0.15) is 0 Å². The minimum absolute atomic E-state index is 0.734. The lowest BCUT2D eigenvalue weighted by atomic mass is 10.2. The lowest BCUT2D eigenvalue weighted by molar-refractivity contribution is 0.322. The highest BCUT2D eigenvalue weighted by Crippen LogP contribution is 2.36. The zero-order chi connectivity index (χ0) is 14.7. The number of benzene rings is 1. The van der Waals surface area contributed by atoms with Gasteiger partial charge in [-0.15, -0.1) is 0 Å². The fourth-order valence-corrected chi connectivity index (χ4v) is 2.61. The number of ether oxygens (including phenoxy) is 1. The van der Waals surface area contributed by atoms with Crippen LogP contribution >= 0.6 is 0 Å². The van der Waals surface area contributed by atoms with Crippen LogP contribution in [0.25, 0.3) is 0 Å². The molecule has 3 rings (SSSR count). The molecule has 110 valence electrons. The normalized spacial score (nSPS) is 14.1. The highest BCUT2D eigenvalue weighted by Gasteiger charge is 2.21. The molecule has 0 aliphatic carbocycles. The SMILES string of the molecule is CCNc1ncnc(N2CCCOc3ccccc32)c1C. The van der Waals surface area contributed by atoms with Crippen molar-refractivity contribution in [3.05, 3.63) is 36.2 Å². The summed E-state index contributed by atoms with van der Waals surface area (Å²) in [5.41, 5.74) is 2.13. The number of nitrogens with zero attached hydrogens (tertiary/aromatic N) is 3. The van der Waals surface area contributed by atoms with Crippen LogP contribution in [-0.2, 0) is 0 Å². The van der Waals surface area contributed by atoms with Gasteiger partial charge < -0.3 is 15.0 Å². The zero-order valence-electron chi connectivity index (χ0n) is 12.5. The summed E-state index contributed by atoms with van der Waals surface area (Å²) in [6, 6.07) is 8.12. The summed E-state index contributed by atoms with van der Waals surface area (Å²) < 4.78 is 5.82. The van der Waals surface area contributed by atoms with Gasteiger partial charge in [0.1, 0.15) is 23.7 Å². The van der Waals surface area contributed by atoms with Crippen molar-refractivity contribution in [3.63, 3.8) is 0 Å². The van der Waals surface area contributed by atoms with Gasteiger partial charge in [-0.25, -0.2) is 9.97 Å². The van der Waals surface area contributed by atoms with Crippen LogP contribution in [0.3, 0.4) is 0 Å². The topological polar surface area (TPSA) is 50.3 Å². The van der Waals surface area contributed by atoms with Crippen LogP contribution in [0.4, 0.5) is 17.3 Å². The molecule has 5 nitrogen and oxygen atoms in total. The van der Waals surface area contributed by atoms with Crippen LogP contribution in [0.5, 0.6) is 5.75 Å². The summed E-state index contributed by atoms with van der Waals surface area (Å²) >= 11 is 0. The van der Waals surface area contributed by atoms with Gasteiger partial charge in [0.2, 0.25) is 0 Å². The smallest absolute Gasteiger partial charge is 0.142 e.